The molecule has 124 valence electrons. The smallest absolute Gasteiger partial charge is 0.306 e. The summed E-state index contributed by atoms with van der Waals surface area (Å²) in [7, 11) is 0. The van der Waals surface area contributed by atoms with E-state index in [9.17, 15) is 4.79 Å². The van der Waals surface area contributed by atoms with Crippen LogP contribution in [0.1, 0.15) is 82.8 Å². The molecular formula is C20H32O2. The summed E-state index contributed by atoms with van der Waals surface area (Å²) >= 11 is 0. The molecule has 2 nitrogen and oxygen atoms in total. The van der Waals surface area contributed by atoms with Crippen molar-refractivity contribution >= 4 is 5.97 Å². The Balaban J connectivity index is 2.11. The van der Waals surface area contributed by atoms with E-state index in [1.54, 1.807) is 0 Å². The van der Waals surface area contributed by atoms with Gasteiger partial charge < -0.3 is 4.74 Å². The number of benzene rings is 1. The molecule has 2 heteroatoms. The van der Waals surface area contributed by atoms with Crippen LogP contribution < -0.4 is 0 Å². The fourth-order valence-corrected chi connectivity index (χ4v) is 2.63. The number of rotatable bonds is 12. The van der Waals surface area contributed by atoms with Crippen molar-refractivity contribution in [3.8, 4) is 0 Å². The standard InChI is InChI=1S/C20H32O2/c1-3-5-6-7-8-9-10-15-20(21)22-17-19-14-11-13-18(16-19)12-4-2/h11,13-14,16H,3-10,12,15,17H2,1-2H3. The number of ether oxygens (including phenoxy) is 1. The number of esters is 1. The Morgan fingerprint density at radius 2 is 1.59 bits per heavy atom. The lowest BCUT2D eigenvalue weighted by Gasteiger charge is -2.07. The van der Waals surface area contributed by atoms with Crippen molar-refractivity contribution in [3.05, 3.63) is 35.4 Å². The van der Waals surface area contributed by atoms with Crippen molar-refractivity contribution in [2.45, 2.75) is 84.7 Å². The Labute approximate surface area is 136 Å². The van der Waals surface area contributed by atoms with E-state index in [4.69, 9.17) is 4.74 Å². The van der Waals surface area contributed by atoms with E-state index in [1.165, 1.54) is 37.7 Å². The van der Waals surface area contributed by atoms with Gasteiger partial charge >= 0.3 is 5.97 Å². The largest absolute Gasteiger partial charge is 0.461 e. The average molecular weight is 304 g/mol. The van der Waals surface area contributed by atoms with Crippen LogP contribution in [-0.4, -0.2) is 5.97 Å². The first-order valence-corrected chi connectivity index (χ1v) is 8.99. The minimum Gasteiger partial charge on any atom is -0.461 e. The Hall–Kier alpha value is -1.31. The highest BCUT2D eigenvalue weighted by Gasteiger charge is 2.04. The molecule has 0 amide bonds. The van der Waals surface area contributed by atoms with Gasteiger partial charge in [-0.25, -0.2) is 0 Å². The summed E-state index contributed by atoms with van der Waals surface area (Å²) in [6, 6.07) is 8.35. The Kier molecular flexibility index (Phi) is 10.4. The van der Waals surface area contributed by atoms with Crippen LogP contribution in [0.25, 0.3) is 0 Å². The van der Waals surface area contributed by atoms with Crippen molar-refractivity contribution in [2.24, 2.45) is 0 Å². The summed E-state index contributed by atoms with van der Waals surface area (Å²) in [6.45, 7) is 4.82. The van der Waals surface area contributed by atoms with E-state index in [0.717, 1.165) is 31.2 Å². The van der Waals surface area contributed by atoms with E-state index < -0.39 is 0 Å². The number of unbranched alkanes of at least 4 members (excludes halogenated alkanes) is 6. The molecule has 22 heavy (non-hydrogen) atoms. The molecule has 1 aromatic carbocycles. The maximum atomic E-state index is 11.7. The minimum absolute atomic E-state index is 0.0607. The zero-order valence-corrected chi connectivity index (χ0v) is 14.4. The average Bonchev–Trinajstić information content (AvgIpc) is 2.53. The number of hydrogen-bond donors (Lipinski definition) is 0. The number of hydrogen-bond acceptors (Lipinski definition) is 2. The molecule has 0 aliphatic carbocycles. The number of carbonyl (C=O) groups excluding carboxylic acids is 1. The first kappa shape index (κ1) is 18.7. The lowest BCUT2D eigenvalue weighted by Crippen LogP contribution is -2.04. The molecular weight excluding hydrogens is 272 g/mol. The molecule has 0 aromatic heterocycles. The second-order valence-electron chi connectivity index (χ2n) is 6.10. The maximum Gasteiger partial charge on any atom is 0.306 e. The maximum absolute atomic E-state index is 11.7. The topological polar surface area (TPSA) is 26.3 Å². The van der Waals surface area contributed by atoms with Crippen molar-refractivity contribution in [2.75, 3.05) is 0 Å². The molecule has 0 fully saturated rings. The van der Waals surface area contributed by atoms with Gasteiger partial charge in [-0.05, 0) is 24.0 Å². The summed E-state index contributed by atoms with van der Waals surface area (Å²) in [5, 5.41) is 0. The van der Waals surface area contributed by atoms with E-state index in [1.807, 2.05) is 12.1 Å². The highest BCUT2D eigenvalue weighted by molar-refractivity contribution is 5.69. The van der Waals surface area contributed by atoms with Crippen LogP contribution >= 0.6 is 0 Å². The third kappa shape index (κ3) is 8.86. The quantitative estimate of drug-likeness (QED) is 0.359. The van der Waals surface area contributed by atoms with Gasteiger partial charge in [0, 0.05) is 6.42 Å². The third-order valence-corrected chi connectivity index (χ3v) is 3.91. The van der Waals surface area contributed by atoms with E-state index in [2.05, 4.69) is 26.0 Å². The van der Waals surface area contributed by atoms with Gasteiger partial charge in [-0.15, -0.1) is 0 Å². The van der Waals surface area contributed by atoms with Crippen molar-refractivity contribution in [3.63, 3.8) is 0 Å². The summed E-state index contributed by atoms with van der Waals surface area (Å²) in [5.74, 6) is -0.0607. The monoisotopic (exact) mass is 304 g/mol. The lowest BCUT2D eigenvalue weighted by atomic mass is 10.1. The first-order valence-electron chi connectivity index (χ1n) is 8.99. The van der Waals surface area contributed by atoms with Crippen LogP contribution in [0.4, 0.5) is 0 Å². The first-order chi connectivity index (χ1) is 10.8. The molecule has 1 rings (SSSR count). The Morgan fingerprint density at radius 3 is 2.32 bits per heavy atom. The van der Waals surface area contributed by atoms with Gasteiger partial charge in [0.15, 0.2) is 0 Å². The molecule has 0 spiro atoms. The SMILES string of the molecule is CCCCCCCCCC(=O)OCc1cccc(CCC)c1. The van der Waals surface area contributed by atoms with Crippen molar-refractivity contribution in [1.29, 1.82) is 0 Å². The molecule has 0 saturated heterocycles. The van der Waals surface area contributed by atoms with Crippen LogP contribution in [0.3, 0.4) is 0 Å². The summed E-state index contributed by atoms with van der Waals surface area (Å²) in [6.07, 6.45) is 11.4. The predicted molar refractivity (Wildman–Crippen MR) is 92.8 cm³/mol. The van der Waals surface area contributed by atoms with Gasteiger partial charge in [0.05, 0.1) is 0 Å². The van der Waals surface area contributed by atoms with Gasteiger partial charge in [-0.2, -0.15) is 0 Å². The fraction of sp³-hybridized carbons (Fsp3) is 0.650. The molecule has 0 radical (unpaired) electrons. The second kappa shape index (κ2) is 12.3. The van der Waals surface area contributed by atoms with Gasteiger partial charge in [0.2, 0.25) is 0 Å². The van der Waals surface area contributed by atoms with E-state index in [-0.39, 0.29) is 5.97 Å². The third-order valence-electron chi connectivity index (χ3n) is 3.91. The molecule has 0 saturated carbocycles. The number of carbonyl (C=O) groups is 1. The van der Waals surface area contributed by atoms with Crippen molar-refractivity contribution < 1.29 is 9.53 Å². The second-order valence-corrected chi connectivity index (χ2v) is 6.10. The van der Waals surface area contributed by atoms with E-state index >= 15 is 0 Å². The minimum atomic E-state index is -0.0607. The van der Waals surface area contributed by atoms with Crippen molar-refractivity contribution in [1.82, 2.24) is 0 Å². The molecule has 0 N–H and O–H groups in total. The van der Waals surface area contributed by atoms with Crippen LogP contribution in [0.2, 0.25) is 0 Å². The summed E-state index contributed by atoms with van der Waals surface area (Å²) in [5.41, 5.74) is 2.42. The summed E-state index contributed by atoms with van der Waals surface area (Å²) in [4.78, 5) is 11.7. The zero-order chi connectivity index (χ0) is 16.0. The van der Waals surface area contributed by atoms with Gasteiger partial charge in [0.1, 0.15) is 6.61 Å². The molecule has 0 aliphatic heterocycles. The van der Waals surface area contributed by atoms with Gasteiger partial charge in [0.25, 0.3) is 0 Å². The van der Waals surface area contributed by atoms with Crippen LogP contribution in [0.5, 0.6) is 0 Å². The molecule has 0 aliphatic rings. The molecule has 0 atom stereocenters. The predicted octanol–water partition coefficient (Wildman–Crippen LogP) is 5.82. The zero-order valence-electron chi connectivity index (χ0n) is 14.4. The number of aryl methyl sites for hydroxylation is 1. The highest BCUT2D eigenvalue weighted by Crippen LogP contribution is 2.11. The normalized spacial score (nSPS) is 10.6. The summed E-state index contributed by atoms with van der Waals surface area (Å²) < 4.78 is 5.37. The molecule has 0 bridgehead atoms. The van der Waals surface area contributed by atoms with E-state index in [0.29, 0.717) is 13.0 Å². The molecule has 1 aromatic rings. The van der Waals surface area contributed by atoms with Crippen LogP contribution in [0.15, 0.2) is 24.3 Å². The van der Waals surface area contributed by atoms with Crippen LogP contribution in [0, 0.1) is 0 Å². The fourth-order valence-electron chi connectivity index (χ4n) is 2.63. The Morgan fingerprint density at radius 1 is 0.909 bits per heavy atom. The molecule has 0 unspecified atom stereocenters. The van der Waals surface area contributed by atoms with Gasteiger partial charge in [-0.3, -0.25) is 4.79 Å². The van der Waals surface area contributed by atoms with Gasteiger partial charge in [-0.1, -0.05) is 83.1 Å². The molecule has 0 heterocycles. The Bertz CT molecular complexity index is 412. The van der Waals surface area contributed by atoms with Crippen LogP contribution in [-0.2, 0) is 22.6 Å². The highest BCUT2D eigenvalue weighted by atomic mass is 16.5. The lowest BCUT2D eigenvalue weighted by molar-refractivity contribution is -0.145.